The maximum Gasteiger partial charge on any atom is 0.284 e. The van der Waals surface area contributed by atoms with Gasteiger partial charge in [0.05, 0.1) is 5.69 Å². The van der Waals surface area contributed by atoms with Crippen molar-refractivity contribution in [1.82, 2.24) is 4.98 Å². The van der Waals surface area contributed by atoms with Crippen LogP contribution in [0.2, 0.25) is 0 Å². The average molecular weight is 309 g/mol. The molecular weight excluding hydrogens is 293 g/mol. The SMILES string of the molecule is CCN(c1ccc(CN)cc1)S(=O)(=O)c1ncccc1F. The summed E-state index contributed by atoms with van der Waals surface area (Å²) in [6.45, 7) is 2.21. The first-order valence-corrected chi connectivity index (χ1v) is 7.87. The van der Waals surface area contributed by atoms with Gasteiger partial charge in [-0.3, -0.25) is 4.31 Å². The Morgan fingerprint density at radius 3 is 2.43 bits per heavy atom. The molecule has 0 radical (unpaired) electrons. The summed E-state index contributed by atoms with van der Waals surface area (Å²) in [5.74, 6) is -0.866. The number of pyridine rings is 1. The van der Waals surface area contributed by atoms with Gasteiger partial charge < -0.3 is 5.73 Å². The van der Waals surface area contributed by atoms with E-state index in [0.717, 1.165) is 15.9 Å². The number of hydrogen-bond acceptors (Lipinski definition) is 4. The molecule has 0 saturated heterocycles. The smallest absolute Gasteiger partial charge is 0.284 e. The van der Waals surface area contributed by atoms with Crippen LogP contribution in [-0.4, -0.2) is 19.9 Å². The molecule has 2 aromatic rings. The van der Waals surface area contributed by atoms with E-state index >= 15 is 0 Å². The Kier molecular flexibility index (Phi) is 4.54. The minimum absolute atomic E-state index is 0.167. The maximum atomic E-state index is 13.7. The largest absolute Gasteiger partial charge is 0.326 e. The molecule has 112 valence electrons. The fourth-order valence-electron chi connectivity index (χ4n) is 1.95. The molecule has 1 heterocycles. The van der Waals surface area contributed by atoms with Crippen molar-refractivity contribution < 1.29 is 12.8 Å². The van der Waals surface area contributed by atoms with E-state index < -0.39 is 20.9 Å². The topological polar surface area (TPSA) is 76.3 Å². The zero-order valence-corrected chi connectivity index (χ0v) is 12.3. The van der Waals surface area contributed by atoms with E-state index in [2.05, 4.69) is 4.98 Å². The highest BCUT2D eigenvalue weighted by Gasteiger charge is 2.28. The molecule has 0 atom stereocenters. The number of rotatable bonds is 5. The van der Waals surface area contributed by atoms with E-state index in [1.54, 1.807) is 31.2 Å². The number of sulfonamides is 1. The fourth-order valence-corrected chi connectivity index (χ4v) is 3.41. The Hall–Kier alpha value is -1.99. The molecule has 0 fully saturated rings. The monoisotopic (exact) mass is 309 g/mol. The fraction of sp³-hybridized carbons (Fsp3) is 0.214. The second-order valence-corrected chi connectivity index (χ2v) is 6.11. The van der Waals surface area contributed by atoms with E-state index in [0.29, 0.717) is 12.2 Å². The zero-order valence-electron chi connectivity index (χ0n) is 11.5. The number of nitrogens with two attached hydrogens (primary N) is 1. The van der Waals surface area contributed by atoms with Crippen LogP contribution in [0.15, 0.2) is 47.6 Å². The molecule has 1 aromatic carbocycles. The standard InChI is InChI=1S/C14H16FN3O2S/c1-2-18(12-7-5-11(10-16)6-8-12)21(19,20)14-13(15)4-3-9-17-14/h3-9H,2,10,16H2,1H3. The van der Waals surface area contributed by atoms with Crippen LogP contribution < -0.4 is 10.0 Å². The van der Waals surface area contributed by atoms with Gasteiger partial charge in [-0.15, -0.1) is 0 Å². The lowest BCUT2D eigenvalue weighted by Crippen LogP contribution is -2.32. The van der Waals surface area contributed by atoms with Crippen molar-refractivity contribution in [1.29, 1.82) is 0 Å². The number of nitrogens with zero attached hydrogens (tertiary/aromatic N) is 2. The third-order valence-corrected chi connectivity index (χ3v) is 4.84. The van der Waals surface area contributed by atoms with Gasteiger partial charge in [0.2, 0.25) is 5.03 Å². The number of anilines is 1. The lowest BCUT2D eigenvalue weighted by atomic mass is 10.2. The first-order chi connectivity index (χ1) is 10.0. The van der Waals surface area contributed by atoms with Crippen LogP contribution in [0, 0.1) is 5.82 Å². The van der Waals surface area contributed by atoms with Gasteiger partial charge in [0, 0.05) is 19.3 Å². The molecule has 21 heavy (non-hydrogen) atoms. The Morgan fingerprint density at radius 1 is 1.24 bits per heavy atom. The molecule has 1 aromatic heterocycles. The summed E-state index contributed by atoms with van der Waals surface area (Å²) in [5.41, 5.74) is 6.84. The van der Waals surface area contributed by atoms with Crippen molar-refractivity contribution in [2.24, 2.45) is 5.73 Å². The molecule has 0 unspecified atom stereocenters. The van der Waals surface area contributed by atoms with Crippen LogP contribution in [0.3, 0.4) is 0 Å². The van der Waals surface area contributed by atoms with Gasteiger partial charge in [-0.2, -0.15) is 8.42 Å². The molecule has 2 rings (SSSR count). The summed E-state index contributed by atoms with van der Waals surface area (Å²) in [5, 5.41) is -0.574. The molecular formula is C14H16FN3O2S. The van der Waals surface area contributed by atoms with Crippen LogP contribution in [0.4, 0.5) is 10.1 Å². The summed E-state index contributed by atoms with van der Waals surface area (Å²) < 4.78 is 39.9. The highest BCUT2D eigenvalue weighted by molar-refractivity contribution is 7.92. The van der Waals surface area contributed by atoms with Crippen molar-refractivity contribution >= 4 is 15.7 Å². The Morgan fingerprint density at radius 2 is 1.90 bits per heavy atom. The summed E-state index contributed by atoms with van der Waals surface area (Å²) >= 11 is 0. The Bertz CT molecular complexity index is 717. The number of aromatic nitrogens is 1. The van der Waals surface area contributed by atoms with Crippen LogP contribution in [0.1, 0.15) is 12.5 Å². The molecule has 0 aliphatic carbocycles. The molecule has 0 bridgehead atoms. The highest BCUT2D eigenvalue weighted by atomic mass is 32.2. The second-order valence-electron chi connectivity index (χ2n) is 4.33. The van der Waals surface area contributed by atoms with Gasteiger partial charge in [-0.1, -0.05) is 12.1 Å². The van der Waals surface area contributed by atoms with Crippen molar-refractivity contribution in [3.05, 3.63) is 54.0 Å². The molecule has 0 spiro atoms. The highest BCUT2D eigenvalue weighted by Crippen LogP contribution is 2.24. The van der Waals surface area contributed by atoms with Gasteiger partial charge in [-0.25, -0.2) is 9.37 Å². The van der Waals surface area contributed by atoms with Crippen molar-refractivity contribution in [3.63, 3.8) is 0 Å². The average Bonchev–Trinajstić information content (AvgIpc) is 2.48. The van der Waals surface area contributed by atoms with Crippen LogP contribution in [0.5, 0.6) is 0 Å². The normalized spacial score (nSPS) is 11.4. The molecule has 7 heteroatoms. The van der Waals surface area contributed by atoms with E-state index in [1.807, 2.05) is 0 Å². The first-order valence-electron chi connectivity index (χ1n) is 6.43. The predicted octanol–water partition coefficient (Wildman–Crippen LogP) is 1.89. The molecule has 0 aliphatic rings. The van der Waals surface area contributed by atoms with Crippen LogP contribution in [-0.2, 0) is 16.6 Å². The van der Waals surface area contributed by atoms with E-state index in [9.17, 15) is 12.8 Å². The van der Waals surface area contributed by atoms with Gasteiger partial charge in [0.15, 0.2) is 5.82 Å². The summed E-state index contributed by atoms with van der Waals surface area (Å²) in [4.78, 5) is 3.65. The number of hydrogen-bond donors (Lipinski definition) is 1. The lowest BCUT2D eigenvalue weighted by Gasteiger charge is -2.22. The van der Waals surface area contributed by atoms with Crippen molar-refractivity contribution in [3.8, 4) is 0 Å². The third-order valence-electron chi connectivity index (χ3n) is 3.01. The molecule has 0 amide bonds. The summed E-state index contributed by atoms with van der Waals surface area (Å²) in [7, 11) is -4.04. The van der Waals surface area contributed by atoms with Gasteiger partial charge in [-0.05, 0) is 36.8 Å². The van der Waals surface area contributed by atoms with Gasteiger partial charge in [0.25, 0.3) is 10.0 Å². The number of benzene rings is 1. The third kappa shape index (κ3) is 3.03. The van der Waals surface area contributed by atoms with Crippen LogP contribution in [0.25, 0.3) is 0 Å². The molecule has 5 nitrogen and oxygen atoms in total. The molecule has 2 N–H and O–H groups in total. The van der Waals surface area contributed by atoms with Gasteiger partial charge in [0.1, 0.15) is 0 Å². The first kappa shape index (κ1) is 15.4. The zero-order chi connectivity index (χ0) is 15.5. The predicted molar refractivity (Wildman–Crippen MR) is 78.7 cm³/mol. The van der Waals surface area contributed by atoms with E-state index in [-0.39, 0.29) is 6.54 Å². The number of halogens is 1. The van der Waals surface area contributed by atoms with E-state index in [4.69, 9.17) is 5.73 Å². The minimum atomic E-state index is -4.04. The molecule has 0 aliphatic heterocycles. The summed E-state index contributed by atoms with van der Waals surface area (Å²) in [6, 6.07) is 9.19. The van der Waals surface area contributed by atoms with E-state index in [1.165, 1.54) is 12.3 Å². The quantitative estimate of drug-likeness (QED) is 0.915. The summed E-state index contributed by atoms with van der Waals surface area (Å²) in [6.07, 6.45) is 1.25. The van der Waals surface area contributed by atoms with Gasteiger partial charge >= 0.3 is 0 Å². The van der Waals surface area contributed by atoms with Crippen LogP contribution >= 0.6 is 0 Å². The molecule has 0 saturated carbocycles. The lowest BCUT2D eigenvalue weighted by molar-refractivity contribution is 0.551. The maximum absolute atomic E-state index is 13.7. The van der Waals surface area contributed by atoms with Crippen molar-refractivity contribution in [2.75, 3.05) is 10.8 Å². The van der Waals surface area contributed by atoms with Crippen molar-refractivity contribution in [2.45, 2.75) is 18.5 Å². The Balaban J connectivity index is 2.46. The second kappa shape index (κ2) is 6.19. The Labute approximate surface area is 123 Å². The minimum Gasteiger partial charge on any atom is -0.326 e.